The zero-order valence-electron chi connectivity index (χ0n) is 11.9. The van der Waals surface area contributed by atoms with Gasteiger partial charge in [0.05, 0.1) is 6.33 Å². The molecule has 5 heteroatoms. The lowest BCUT2D eigenvalue weighted by molar-refractivity contribution is 0.440. The third kappa shape index (κ3) is 3.47. The molecular formula is C16H19F2N3. The molecule has 1 aliphatic heterocycles. The van der Waals surface area contributed by atoms with Crippen LogP contribution in [0.15, 0.2) is 30.7 Å². The van der Waals surface area contributed by atoms with E-state index in [-0.39, 0.29) is 0 Å². The first-order valence-corrected chi connectivity index (χ1v) is 7.38. The first kappa shape index (κ1) is 14.2. The van der Waals surface area contributed by atoms with Crippen LogP contribution in [0.25, 0.3) is 0 Å². The van der Waals surface area contributed by atoms with Gasteiger partial charge in [-0.05, 0) is 43.5 Å². The number of nitrogens with zero attached hydrogens (tertiary/aromatic N) is 2. The Bertz CT molecular complexity index is 583. The largest absolute Gasteiger partial charge is 0.334 e. The zero-order chi connectivity index (χ0) is 14.7. The molecule has 1 saturated heterocycles. The third-order valence-corrected chi connectivity index (χ3v) is 4.02. The van der Waals surface area contributed by atoms with Crippen molar-refractivity contribution in [3.8, 4) is 0 Å². The molecule has 1 unspecified atom stereocenters. The van der Waals surface area contributed by atoms with Crippen molar-refractivity contribution in [3.05, 3.63) is 53.6 Å². The molecule has 0 radical (unpaired) electrons. The van der Waals surface area contributed by atoms with E-state index < -0.39 is 11.6 Å². The minimum Gasteiger partial charge on any atom is -0.334 e. The number of hydrogen-bond acceptors (Lipinski definition) is 2. The van der Waals surface area contributed by atoms with Crippen LogP contribution < -0.4 is 5.32 Å². The highest BCUT2D eigenvalue weighted by atomic mass is 19.1. The van der Waals surface area contributed by atoms with E-state index in [0.29, 0.717) is 24.4 Å². The van der Waals surface area contributed by atoms with E-state index >= 15 is 0 Å². The van der Waals surface area contributed by atoms with Crippen molar-refractivity contribution in [2.75, 3.05) is 13.1 Å². The highest BCUT2D eigenvalue weighted by Gasteiger charge is 2.18. The summed E-state index contributed by atoms with van der Waals surface area (Å²) in [6.07, 6.45) is 6.64. The van der Waals surface area contributed by atoms with Crippen LogP contribution >= 0.6 is 0 Å². The van der Waals surface area contributed by atoms with E-state index in [1.54, 1.807) is 6.33 Å². The molecule has 1 aromatic heterocycles. The molecule has 1 aromatic carbocycles. The van der Waals surface area contributed by atoms with Gasteiger partial charge in [0.25, 0.3) is 0 Å². The van der Waals surface area contributed by atoms with Crippen molar-refractivity contribution in [1.29, 1.82) is 0 Å². The van der Waals surface area contributed by atoms with Crippen molar-refractivity contribution in [1.82, 2.24) is 14.9 Å². The van der Waals surface area contributed by atoms with Gasteiger partial charge in [0, 0.05) is 37.0 Å². The summed E-state index contributed by atoms with van der Waals surface area (Å²) in [6.45, 7) is 2.74. The molecule has 0 bridgehead atoms. The summed E-state index contributed by atoms with van der Waals surface area (Å²) in [5.74, 6) is -0.565. The Hall–Kier alpha value is -1.75. The molecule has 3 rings (SSSR count). The highest BCUT2D eigenvalue weighted by Crippen LogP contribution is 2.23. The number of nitrogens with one attached hydrogen (secondary N) is 1. The molecule has 1 atom stereocenters. The molecule has 0 amide bonds. The highest BCUT2D eigenvalue weighted by molar-refractivity contribution is 5.18. The molecule has 1 N–H and O–H groups in total. The number of halogens is 2. The number of benzene rings is 1. The summed E-state index contributed by atoms with van der Waals surface area (Å²) in [4.78, 5) is 4.23. The molecule has 1 aliphatic rings. The van der Waals surface area contributed by atoms with Crippen molar-refractivity contribution in [2.45, 2.75) is 31.7 Å². The Balaban J connectivity index is 1.69. The Kier molecular flexibility index (Phi) is 4.29. The molecule has 0 saturated carbocycles. The SMILES string of the molecule is Fc1cc(F)cc(CCn2cncc2C2CCCNC2)c1. The van der Waals surface area contributed by atoms with E-state index in [9.17, 15) is 8.78 Å². The molecule has 21 heavy (non-hydrogen) atoms. The normalized spacial score (nSPS) is 18.9. The summed E-state index contributed by atoms with van der Waals surface area (Å²) in [5, 5.41) is 3.40. The molecule has 0 spiro atoms. The fourth-order valence-corrected chi connectivity index (χ4v) is 2.97. The van der Waals surface area contributed by atoms with Crippen molar-refractivity contribution >= 4 is 0 Å². The van der Waals surface area contributed by atoms with Gasteiger partial charge < -0.3 is 9.88 Å². The maximum atomic E-state index is 13.2. The first-order valence-electron chi connectivity index (χ1n) is 7.38. The van der Waals surface area contributed by atoms with Crippen LogP contribution in [0.3, 0.4) is 0 Å². The Morgan fingerprint density at radius 3 is 2.76 bits per heavy atom. The predicted molar refractivity (Wildman–Crippen MR) is 77.1 cm³/mol. The van der Waals surface area contributed by atoms with Gasteiger partial charge in [0.2, 0.25) is 0 Å². The lowest BCUT2D eigenvalue weighted by Crippen LogP contribution is -2.29. The maximum Gasteiger partial charge on any atom is 0.126 e. The van der Waals surface area contributed by atoms with Crippen LogP contribution in [-0.2, 0) is 13.0 Å². The van der Waals surface area contributed by atoms with Gasteiger partial charge in [-0.1, -0.05) is 0 Å². The molecule has 0 aliphatic carbocycles. The fraction of sp³-hybridized carbons (Fsp3) is 0.438. The number of aryl methyl sites for hydroxylation is 2. The van der Waals surface area contributed by atoms with Crippen molar-refractivity contribution in [2.24, 2.45) is 0 Å². The van der Waals surface area contributed by atoms with Crippen LogP contribution in [0, 0.1) is 11.6 Å². The predicted octanol–water partition coefficient (Wildman–Crippen LogP) is 2.87. The second kappa shape index (κ2) is 6.35. The van der Waals surface area contributed by atoms with E-state index in [1.165, 1.54) is 24.2 Å². The smallest absolute Gasteiger partial charge is 0.126 e. The lowest BCUT2D eigenvalue weighted by atomic mass is 9.96. The summed E-state index contributed by atoms with van der Waals surface area (Å²) in [7, 11) is 0. The number of rotatable bonds is 4. The number of aromatic nitrogens is 2. The van der Waals surface area contributed by atoms with Crippen LogP contribution in [0.5, 0.6) is 0 Å². The van der Waals surface area contributed by atoms with Crippen LogP contribution in [0.2, 0.25) is 0 Å². The average molecular weight is 291 g/mol. The van der Waals surface area contributed by atoms with Gasteiger partial charge in [-0.2, -0.15) is 0 Å². The molecule has 112 valence electrons. The topological polar surface area (TPSA) is 29.9 Å². The number of hydrogen-bond donors (Lipinski definition) is 1. The van der Waals surface area contributed by atoms with E-state index in [0.717, 1.165) is 25.6 Å². The van der Waals surface area contributed by atoms with Gasteiger partial charge >= 0.3 is 0 Å². The van der Waals surface area contributed by atoms with Gasteiger partial charge in [0.15, 0.2) is 0 Å². The standard InChI is InChI=1S/C16H19F2N3/c17-14-6-12(7-15(18)8-14)3-5-21-11-20-10-16(21)13-2-1-4-19-9-13/h6-8,10-11,13,19H,1-5,9H2. The second-order valence-corrected chi connectivity index (χ2v) is 5.58. The van der Waals surface area contributed by atoms with E-state index in [4.69, 9.17) is 0 Å². The maximum absolute atomic E-state index is 13.2. The van der Waals surface area contributed by atoms with Crippen molar-refractivity contribution < 1.29 is 8.78 Å². The van der Waals surface area contributed by atoms with Crippen LogP contribution in [0.1, 0.15) is 30.0 Å². The van der Waals surface area contributed by atoms with Gasteiger partial charge in [0.1, 0.15) is 11.6 Å². The van der Waals surface area contributed by atoms with Crippen LogP contribution in [0.4, 0.5) is 8.78 Å². The number of piperidine rings is 1. The molecule has 3 nitrogen and oxygen atoms in total. The van der Waals surface area contributed by atoms with Gasteiger partial charge in [-0.25, -0.2) is 13.8 Å². The van der Waals surface area contributed by atoms with Gasteiger partial charge in [-0.15, -0.1) is 0 Å². The molecule has 2 heterocycles. The van der Waals surface area contributed by atoms with Crippen molar-refractivity contribution in [3.63, 3.8) is 0 Å². The molecule has 2 aromatic rings. The first-order chi connectivity index (χ1) is 10.2. The zero-order valence-corrected chi connectivity index (χ0v) is 11.9. The summed E-state index contributed by atoms with van der Waals surface area (Å²) in [5.41, 5.74) is 1.88. The summed E-state index contributed by atoms with van der Waals surface area (Å²) >= 11 is 0. The quantitative estimate of drug-likeness (QED) is 0.938. The second-order valence-electron chi connectivity index (χ2n) is 5.58. The van der Waals surface area contributed by atoms with Gasteiger partial charge in [-0.3, -0.25) is 0 Å². The molecular weight excluding hydrogens is 272 g/mol. The van der Waals surface area contributed by atoms with Crippen LogP contribution in [-0.4, -0.2) is 22.6 Å². The average Bonchev–Trinajstić information content (AvgIpc) is 2.93. The lowest BCUT2D eigenvalue weighted by Gasteiger charge is -2.23. The number of imidazole rings is 1. The Labute approximate surface area is 123 Å². The minimum atomic E-state index is -0.521. The van der Waals surface area contributed by atoms with E-state index in [1.807, 2.05) is 6.20 Å². The minimum absolute atomic E-state index is 0.477. The third-order valence-electron chi connectivity index (χ3n) is 4.02. The van der Waals surface area contributed by atoms with E-state index in [2.05, 4.69) is 14.9 Å². The Morgan fingerprint density at radius 1 is 1.24 bits per heavy atom. The summed E-state index contributed by atoms with van der Waals surface area (Å²) in [6, 6.07) is 3.68. The Morgan fingerprint density at radius 2 is 2.05 bits per heavy atom. The molecule has 1 fully saturated rings. The summed E-state index contributed by atoms with van der Waals surface area (Å²) < 4.78 is 28.5. The fourth-order valence-electron chi connectivity index (χ4n) is 2.97. The monoisotopic (exact) mass is 291 g/mol.